The van der Waals surface area contributed by atoms with Crippen molar-refractivity contribution in [2.24, 2.45) is 0 Å². The number of rotatable bonds is 4. The summed E-state index contributed by atoms with van der Waals surface area (Å²) in [7, 11) is 1.72. The average molecular weight is 293 g/mol. The summed E-state index contributed by atoms with van der Waals surface area (Å²) in [5, 5.41) is 3.30. The van der Waals surface area contributed by atoms with E-state index in [1.54, 1.807) is 24.2 Å². The van der Waals surface area contributed by atoms with E-state index in [1.165, 1.54) is 11.8 Å². The highest BCUT2D eigenvalue weighted by Crippen LogP contribution is 2.37. The number of hydrogen-bond acceptors (Lipinski definition) is 4. The molecule has 1 N–H and O–H groups in total. The van der Waals surface area contributed by atoms with Crippen LogP contribution >= 0.6 is 11.8 Å². The molecule has 0 saturated heterocycles. The fourth-order valence-corrected chi connectivity index (χ4v) is 3.19. The molecule has 1 aromatic rings. The summed E-state index contributed by atoms with van der Waals surface area (Å²) in [5.74, 6) is -0.132. The molecule has 20 heavy (non-hydrogen) atoms. The Balaban J connectivity index is 2.07. The summed E-state index contributed by atoms with van der Waals surface area (Å²) in [5.41, 5.74) is 0.807. The molecule has 1 aliphatic rings. The van der Waals surface area contributed by atoms with Gasteiger partial charge in [-0.1, -0.05) is 18.7 Å². The lowest BCUT2D eigenvalue weighted by atomic mass is 10.2. The third-order valence-corrected chi connectivity index (χ3v) is 4.55. The van der Waals surface area contributed by atoms with Crippen LogP contribution in [0.4, 0.5) is 5.69 Å². The lowest BCUT2D eigenvalue weighted by Gasteiger charge is -2.29. The van der Waals surface area contributed by atoms with Gasteiger partial charge in [0.1, 0.15) is 5.03 Å². The molecule has 0 spiro atoms. The number of amides is 2. The smallest absolute Gasteiger partial charge is 0.240 e. The molecule has 2 unspecified atom stereocenters. The van der Waals surface area contributed by atoms with Crippen molar-refractivity contribution in [3.63, 3.8) is 0 Å². The second kappa shape index (κ2) is 6.26. The maximum Gasteiger partial charge on any atom is 0.240 e. The number of pyridine rings is 1. The van der Waals surface area contributed by atoms with Gasteiger partial charge in [0, 0.05) is 25.7 Å². The number of nitrogens with zero attached hydrogens (tertiary/aromatic N) is 2. The molecular weight excluding hydrogens is 274 g/mol. The van der Waals surface area contributed by atoms with Gasteiger partial charge in [-0.2, -0.15) is 0 Å². The van der Waals surface area contributed by atoms with Gasteiger partial charge in [0.25, 0.3) is 0 Å². The van der Waals surface area contributed by atoms with E-state index in [9.17, 15) is 9.59 Å². The molecule has 0 aromatic carbocycles. The Bertz CT molecular complexity index is 521. The fourth-order valence-electron chi connectivity index (χ4n) is 1.98. The van der Waals surface area contributed by atoms with E-state index in [0.29, 0.717) is 0 Å². The van der Waals surface area contributed by atoms with Crippen molar-refractivity contribution in [1.82, 2.24) is 10.3 Å². The molecule has 0 fully saturated rings. The van der Waals surface area contributed by atoms with E-state index in [1.807, 2.05) is 19.9 Å². The quantitative estimate of drug-likeness (QED) is 0.920. The number of anilines is 1. The molecule has 2 heterocycles. The Morgan fingerprint density at radius 3 is 3.05 bits per heavy atom. The molecule has 2 atom stereocenters. The van der Waals surface area contributed by atoms with Crippen LogP contribution in [0.5, 0.6) is 0 Å². The van der Waals surface area contributed by atoms with Gasteiger partial charge < -0.3 is 10.2 Å². The Morgan fingerprint density at radius 2 is 2.35 bits per heavy atom. The van der Waals surface area contributed by atoms with Gasteiger partial charge in [-0.25, -0.2) is 4.98 Å². The summed E-state index contributed by atoms with van der Waals surface area (Å²) in [4.78, 5) is 30.1. The Labute approximate surface area is 123 Å². The predicted octanol–water partition coefficient (Wildman–Crippen LogP) is 1.82. The van der Waals surface area contributed by atoms with E-state index in [0.717, 1.165) is 17.1 Å². The summed E-state index contributed by atoms with van der Waals surface area (Å²) >= 11 is 1.37. The first-order valence-electron chi connectivity index (χ1n) is 6.71. The van der Waals surface area contributed by atoms with Gasteiger partial charge in [-0.3, -0.25) is 9.59 Å². The van der Waals surface area contributed by atoms with Crippen LogP contribution in [0.15, 0.2) is 23.4 Å². The highest BCUT2D eigenvalue weighted by Gasteiger charge is 2.33. The molecule has 2 amide bonds. The number of fused-ring (bicyclic) bond motifs is 1. The van der Waals surface area contributed by atoms with Crippen LogP contribution < -0.4 is 10.2 Å². The maximum absolute atomic E-state index is 12.3. The summed E-state index contributed by atoms with van der Waals surface area (Å²) in [6.07, 6.45) is 2.77. The molecule has 108 valence electrons. The molecule has 0 saturated carbocycles. The monoisotopic (exact) mass is 293 g/mol. The van der Waals surface area contributed by atoms with Crippen molar-refractivity contribution in [2.45, 2.75) is 43.0 Å². The van der Waals surface area contributed by atoms with E-state index in [-0.39, 0.29) is 24.3 Å². The zero-order valence-corrected chi connectivity index (χ0v) is 12.7. The minimum absolute atomic E-state index is 0.0465. The number of carbonyl (C=O) groups is 2. The number of nitrogens with one attached hydrogen (secondary N) is 1. The van der Waals surface area contributed by atoms with Gasteiger partial charge in [-0.15, -0.1) is 0 Å². The number of thioether (sulfide) groups is 1. The van der Waals surface area contributed by atoms with Crippen molar-refractivity contribution in [3.05, 3.63) is 18.3 Å². The molecule has 1 aromatic heterocycles. The van der Waals surface area contributed by atoms with E-state index in [4.69, 9.17) is 0 Å². The van der Waals surface area contributed by atoms with Crippen LogP contribution in [-0.2, 0) is 9.59 Å². The molecule has 0 bridgehead atoms. The largest absolute Gasteiger partial charge is 0.354 e. The Hall–Kier alpha value is -1.56. The van der Waals surface area contributed by atoms with E-state index in [2.05, 4.69) is 10.3 Å². The standard InChI is InChI=1S/C14H19N3O2S/c1-4-9(2)16-12(18)8-11-14(19)17(3)10-6-5-7-15-13(10)20-11/h5-7,9,11H,4,8H2,1-3H3,(H,16,18). The van der Waals surface area contributed by atoms with Crippen molar-refractivity contribution >= 4 is 29.3 Å². The lowest BCUT2D eigenvalue weighted by molar-refractivity contribution is -0.125. The lowest BCUT2D eigenvalue weighted by Crippen LogP contribution is -2.42. The minimum atomic E-state index is -0.397. The van der Waals surface area contributed by atoms with Crippen LogP contribution in [0, 0.1) is 0 Å². The fraction of sp³-hybridized carbons (Fsp3) is 0.500. The average Bonchev–Trinajstić information content (AvgIpc) is 2.44. The first kappa shape index (κ1) is 14.8. The normalized spacial score (nSPS) is 19.4. The second-order valence-electron chi connectivity index (χ2n) is 4.91. The molecular formula is C14H19N3O2S. The molecule has 6 heteroatoms. The molecule has 5 nitrogen and oxygen atoms in total. The first-order chi connectivity index (χ1) is 9.52. The van der Waals surface area contributed by atoms with Crippen LogP contribution in [0.1, 0.15) is 26.7 Å². The molecule has 1 aliphatic heterocycles. The summed E-state index contributed by atoms with van der Waals surface area (Å²) in [6, 6.07) is 3.80. The van der Waals surface area contributed by atoms with Gasteiger partial charge in [0.15, 0.2) is 0 Å². The molecule has 0 aliphatic carbocycles. The third-order valence-electron chi connectivity index (χ3n) is 3.36. The highest BCUT2D eigenvalue weighted by atomic mass is 32.2. The van der Waals surface area contributed by atoms with Crippen LogP contribution in [-0.4, -0.2) is 35.1 Å². The predicted molar refractivity (Wildman–Crippen MR) is 79.8 cm³/mol. The third kappa shape index (κ3) is 3.12. The second-order valence-corrected chi connectivity index (χ2v) is 6.10. The summed E-state index contributed by atoms with van der Waals surface area (Å²) in [6.45, 7) is 3.97. The van der Waals surface area contributed by atoms with E-state index >= 15 is 0 Å². The van der Waals surface area contributed by atoms with Gasteiger partial charge >= 0.3 is 0 Å². The Kier molecular flexibility index (Phi) is 4.65. The van der Waals surface area contributed by atoms with Crippen molar-refractivity contribution in [2.75, 3.05) is 11.9 Å². The number of hydrogen-bond donors (Lipinski definition) is 1. The highest BCUT2D eigenvalue weighted by molar-refractivity contribution is 8.00. The van der Waals surface area contributed by atoms with Gasteiger partial charge in [0.05, 0.1) is 10.9 Å². The minimum Gasteiger partial charge on any atom is -0.354 e. The summed E-state index contributed by atoms with van der Waals surface area (Å²) < 4.78 is 0. The van der Waals surface area contributed by atoms with Crippen molar-refractivity contribution < 1.29 is 9.59 Å². The zero-order chi connectivity index (χ0) is 14.7. The van der Waals surface area contributed by atoms with E-state index < -0.39 is 5.25 Å². The van der Waals surface area contributed by atoms with Crippen molar-refractivity contribution in [1.29, 1.82) is 0 Å². The van der Waals surface area contributed by atoms with Gasteiger partial charge in [0.2, 0.25) is 11.8 Å². The topological polar surface area (TPSA) is 62.3 Å². The van der Waals surface area contributed by atoms with Gasteiger partial charge in [-0.05, 0) is 25.5 Å². The van der Waals surface area contributed by atoms with Crippen molar-refractivity contribution in [3.8, 4) is 0 Å². The zero-order valence-electron chi connectivity index (χ0n) is 11.9. The molecule has 2 rings (SSSR count). The van der Waals surface area contributed by atoms with Crippen LogP contribution in [0.25, 0.3) is 0 Å². The SMILES string of the molecule is CCC(C)NC(=O)CC1Sc2ncccc2N(C)C1=O. The number of carbonyl (C=O) groups excluding carboxylic acids is 2. The maximum atomic E-state index is 12.3. The first-order valence-corrected chi connectivity index (χ1v) is 7.59. The van der Waals surface area contributed by atoms with Crippen LogP contribution in [0.2, 0.25) is 0 Å². The van der Waals surface area contributed by atoms with Crippen LogP contribution in [0.3, 0.4) is 0 Å². The number of aromatic nitrogens is 1. The molecule has 0 radical (unpaired) electrons. The Morgan fingerprint density at radius 1 is 1.60 bits per heavy atom.